The third-order valence-corrected chi connectivity index (χ3v) is 6.50. The van der Waals surface area contributed by atoms with Crippen molar-refractivity contribution in [2.75, 3.05) is 0 Å². The Balaban J connectivity index is 1.95. The van der Waals surface area contributed by atoms with Gasteiger partial charge in [-0.3, -0.25) is 9.36 Å². The van der Waals surface area contributed by atoms with Crippen LogP contribution in [0.1, 0.15) is 30.7 Å². The van der Waals surface area contributed by atoms with Gasteiger partial charge in [0.15, 0.2) is 5.16 Å². The summed E-state index contributed by atoms with van der Waals surface area (Å²) in [7, 11) is 0. The van der Waals surface area contributed by atoms with Gasteiger partial charge in [0.05, 0.1) is 5.69 Å². The van der Waals surface area contributed by atoms with Gasteiger partial charge in [-0.15, -0.1) is 10.2 Å². The van der Waals surface area contributed by atoms with E-state index in [0.717, 1.165) is 27.3 Å². The Morgan fingerprint density at radius 2 is 1.82 bits per heavy atom. The Kier molecular flexibility index (Phi) is 4.37. The maximum Gasteiger partial charge on any atom is 0.452 e. The van der Waals surface area contributed by atoms with Crippen molar-refractivity contribution in [1.82, 2.24) is 14.8 Å². The number of hydrogen-bond acceptors (Lipinski definition) is 4. The number of carboxylic acid groups (broad SMARTS) is 1. The van der Waals surface area contributed by atoms with Crippen molar-refractivity contribution in [3.63, 3.8) is 0 Å². The number of fused-ring (bicyclic) bond motifs is 1. The van der Waals surface area contributed by atoms with E-state index < -0.39 is 22.7 Å². The smallest absolute Gasteiger partial charge is 0.452 e. The van der Waals surface area contributed by atoms with E-state index in [9.17, 15) is 23.1 Å². The topological polar surface area (TPSA) is 68.0 Å². The van der Waals surface area contributed by atoms with E-state index in [1.807, 2.05) is 19.1 Å². The second-order valence-electron chi connectivity index (χ2n) is 6.84. The van der Waals surface area contributed by atoms with E-state index in [0.29, 0.717) is 24.6 Å². The van der Waals surface area contributed by atoms with E-state index in [1.54, 1.807) is 24.3 Å². The van der Waals surface area contributed by atoms with Crippen LogP contribution in [0.15, 0.2) is 41.6 Å². The second kappa shape index (κ2) is 6.51. The van der Waals surface area contributed by atoms with E-state index in [1.165, 1.54) is 0 Å². The molecular weight excluding hydrogens is 391 g/mol. The number of carbonyl (C=O) groups is 1. The predicted molar refractivity (Wildman–Crippen MR) is 98.7 cm³/mol. The monoisotopic (exact) mass is 407 g/mol. The number of carboxylic acids is 1. The van der Waals surface area contributed by atoms with Gasteiger partial charge in [0, 0.05) is 5.39 Å². The fourth-order valence-electron chi connectivity index (χ4n) is 3.40. The number of aliphatic carboxylic acids is 1. The molecule has 4 rings (SSSR count). The summed E-state index contributed by atoms with van der Waals surface area (Å²) < 4.78 is 40.8. The van der Waals surface area contributed by atoms with Crippen molar-refractivity contribution in [3.8, 4) is 5.69 Å². The third-order valence-electron chi connectivity index (χ3n) is 5.08. The van der Waals surface area contributed by atoms with Crippen LogP contribution >= 0.6 is 11.8 Å². The van der Waals surface area contributed by atoms with Gasteiger partial charge in [0.2, 0.25) is 5.82 Å². The minimum atomic E-state index is -4.73. The zero-order valence-corrected chi connectivity index (χ0v) is 15.6. The first kappa shape index (κ1) is 18.8. The van der Waals surface area contributed by atoms with Gasteiger partial charge >= 0.3 is 12.1 Å². The molecule has 0 spiro atoms. The van der Waals surface area contributed by atoms with Crippen LogP contribution in [0, 0.1) is 6.92 Å². The molecular formula is C19H16F3N3O2S. The van der Waals surface area contributed by atoms with Crippen LogP contribution in [0.2, 0.25) is 0 Å². The summed E-state index contributed by atoms with van der Waals surface area (Å²) in [4.78, 5) is 11.7. The van der Waals surface area contributed by atoms with Crippen LogP contribution in [-0.2, 0) is 11.0 Å². The van der Waals surface area contributed by atoms with Gasteiger partial charge in [-0.1, -0.05) is 42.1 Å². The number of alkyl halides is 3. The molecule has 28 heavy (non-hydrogen) atoms. The van der Waals surface area contributed by atoms with Crippen molar-refractivity contribution in [1.29, 1.82) is 0 Å². The highest BCUT2D eigenvalue weighted by molar-refractivity contribution is 8.01. The van der Waals surface area contributed by atoms with Crippen molar-refractivity contribution < 1.29 is 23.1 Å². The van der Waals surface area contributed by atoms with E-state index in [4.69, 9.17) is 0 Å². The number of rotatable bonds is 4. The van der Waals surface area contributed by atoms with Crippen LogP contribution < -0.4 is 0 Å². The van der Waals surface area contributed by atoms with E-state index in [-0.39, 0.29) is 10.8 Å². The first-order valence-electron chi connectivity index (χ1n) is 8.67. The second-order valence-corrected chi connectivity index (χ2v) is 8.19. The quantitative estimate of drug-likeness (QED) is 0.670. The summed E-state index contributed by atoms with van der Waals surface area (Å²) in [6.45, 7) is 1.88. The molecule has 0 atom stereocenters. The normalized spacial score (nSPS) is 16.1. The molecule has 0 bridgehead atoms. The molecule has 1 heterocycles. The number of halogens is 3. The number of aromatic nitrogens is 3. The highest BCUT2D eigenvalue weighted by Gasteiger charge is 2.48. The minimum Gasteiger partial charge on any atom is -0.480 e. The molecule has 0 amide bonds. The maximum atomic E-state index is 13.7. The van der Waals surface area contributed by atoms with Gasteiger partial charge < -0.3 is 5.11 Å². The molecule has 1 N–H and O–H groups in total. The van der Waals surface area contributed by atoms with Gasteiger partial charge in [-0.05, 0) is 43.2 Å². The molecule has 0 unspecified atom stereocenters. The Morgan fingerprint density at radius 1 is 1.14 bits per heavy atom. The SMILES string of the molecule is Cc1ccc(-n2c(SC3(C(=O)O)CCC3)nnc2C(F)(F)F)c2ccccc12. The highest BCUT2D eigenvalue weighted by atomic mass is 32.2. The first-order valence-corrected chi connectivity index (χ1v) is 9.48. The molecule has 0 saturated heterocycles. The molecule has 1 fully saturated rings. The Hall–Kier alpha value is -2.55. The van der Waals surface area contributed by atoms with Crippen molar-refractivity contribution in [2.24, 2.45) is 0 Å². The summed E-state index contributed by atoms with van der Waals surface area (Å²) in [5.41, 5.74) is 1.21. The van der Waals surface area contributed by atoms with Gasteiger partial charge in [0.25, 0.3) is 0 Å². The summed E-state index contributed by atoms with van der Waals surface area (Å²) in [6.07, 6.45) is -3.24. The maximum absolute atomic E-state index is 13.7. The number of hydrogen-bond donors (Lipinski definition) is 1. The Morgan fingerprint density at radius 3 is 2.39 bits per heavy atom. The van der Waals surface area contributed by atoms with Gasteiger partial charge in [0.1, 0.15) is 4.75 Å². The van der Waals surface area contributed by atoms with E-state index >= 15 is 0 Å². The summed E-state index contributed by atoms with van der Waals surface area (Å²) >= 11 is 0.847. The highest BCUT2D eigenvalue weighted by Crippen LogP contribution is 2.48. The van der Waals surface area contributed by atoms with Crippen LogP contribution in [0.5, 0.6) is 0 Å². The number of aryl methyl sites for hydroxylation is 1. The standard InChI is InChI=1S/C19H16F3N3O2S/c1-11-7-8-14(13-6-3-2-5-12(11)13)25-15(19(20,21)22)23-24-17(25)28-18(16(26)27)9-4-10-18/h2-3,5-8H,4,9-10H2,1H3,(H,26,27). The number of thioether (sulfide) groups is 1. The number of benzene rings is 2. The largest absolute Gasteiger partial charge is 0.480 e. The molecule has 2 aromatic carbocycles. The fraction of sp³-hybridized carbons (Fsp3) is 0.316. The molecule has 1 aromatic heterocycles. The first-order chi connectivity index (χ1) is 13.2. The molecule has 9 heteroatoms. The summed E-state index contributed by atoms with van der Waals surface area (Å²) in [5.74, 6) is -2.20. The Bertz CT molecular complexity index is 1070. The predicted octanol–water partition coefficient (Wildman–Crippen LogP) is 4.85. The van der Waals surface area contributed by atoms with Crippen LogP contribution in [0.4, 0.5) is 13.2 Å². The lowest BCUT2D eigenvalue weighted by Crippen LogP contribution is -2.42. The van der Waals surface area contributed by atoms with Crippen molar-refractivity contribution >= 4 is 28.5 Å². The van der Waals surface area contributed by atoms with Crippen LogP contribution in [0.3, 0.4) is 0 Å². The lowest BCUT2D eigenvalue weighted by atomic mass is 9.84. The van der Waals surface area contributed by atoms with E-state index in [2.05, 4.69) is 10.2 Å². The third kappa shape index (κ3) is 2.94. The lowest BCUT2D eigenvalue weighted by Gasteiger charge is -2.36. The van der Waals surface area contributed by atoms with Gasteiger partial charge in [-0.25, -0.2) is 0 Å². The summed E-state index contributed by atoms with van der Waals surface area (Å²) in [5, 5.41) is 18.0. The zero-order valence-electron chi connectivity index (χ0n) is 14.8. The van der Waals surface area contributed by atoms with Crippen molar-refractivity contribution in [3.05, 3.63) is 47.8 Å². The average molecular weight is 407 g/mol. The van der Waals surface area contributed by atoms with Crippen LogP contribution in [-0.4, -0.2) is 30.6 Å². The molecule has 5 nitrogen and oxygen atoms in total. The van der Waals surface area contributed by atoms with Crippen molar-refractivity contribution in [2.45, 2.75) is 42.3 Å². The number of nitrogens with zero attached hydrogens (tertiary/aromatic N) is 3. The molecule has 1 aliphatic rings. The molecule has 3 aromatic rings. The molecule has 0 aliphatic heterocycles. The molecule has 1 aliphatic carbocycles. The van der Waals surface area contributed by atoms with Gasteiger partial charge in [-0.2, -0.15) is 13.2 Å². The fourth-order valence-corrected chi connectivity index (χ4v) is 4.69. The lowest BCUT2D eigenvalue weighted by molar-refractivity contribution is -0.146. The molecule has 1 saturated carbocycles. The summed E-state index contributed by atoms with van der Waals surface area (Å²) in [6, 6.07) is 10.5. The van der Waals surface area contributed by atoms with Crippen LogP contribution in [0.25, 0.3) is 16.5 Å². The zero-order chi connectivity index (χ0) is 20.1. The molecule has 146 valence electrons. The average Bonchev–Trinajstić information content (AvgIpc) is 3.02. The minimum absolute atomic E-state index is 0.0663. The Labute approximate surface area is 162 Å². The molecule has 0 radical (unpaired) electrons.